The summed E-state index contributed by atoms with van der Waals surface area (Å²) in [4.78, 5) is 11.0. The van der Waals surface area contributed by atoms with Gasteiger partial charge in [0.1, 0.15) is 0 Å². The van der Waals surface area contributed by atoms with Crippen molar-refractivity contribution in [3.8, 4) is 0 Å². The van der Waals surface area contributed by atoms with Crippen LogP contribution >= 0.6 is 49.9 Å². The molecule has 1 heterocycles. The van der Waals surface area contributed by atoms with Crippen molar-refractivity contribution in [2.45, 2.75) is 5.33 Å². The zero-order valence-corrected chi connectivity index (χ0v) is 11.6. The highest BCUT2D eigenvalue weighted by Gasteiger charge is 2.10. The van der Waals surface area contributed by atoms with Crippen LogP contribution in [-0.4, -0.2) is 6.29 Å². The molecule has 0 aliphatic rings. The molecule has 2 aromatic rings. The molecule has 14 heavy (non-hydrogen) atoms. The molecule has 1 aromatic heterocycles. The largest absolute Gasteiger partial charge is 0.298 e. The molecule has 1 nitrogen and oxygen atoms in total. The first kappa shape index (κ1) is 10.6. The summed E-state index contributed by atoms with van der Waals surface area (Å²) in [7, 11) is 0. The lowest BCUT2D eigenvalue weighted by Crippen LogP contribution is -1.88. The molecule has 0 spiro atoms. The number of fused-ring (bicyclic) bond motifs is 1. The molecular formula is C10H6BrIOS. The van der Waals surface area contributed by atoms with Gasteiger partial charge in [0.15, 0.2) is 6.29 Å². The second kappa shape index (κ2) is 4.28. The summed E-state index contributed by atoms with van der Waals surface area (Å²) in [5.74, 6) is 0. The standard InChI is InChI=1S/C10H6BrIOS/c11-3-6-5-14-9-2-1-8(12)7(4-13)10(6)9/h1-2,4-5H,3H2. The molecule has 0 radical (unpaired) electrons. The first-order valence-electron chi connectivity index (χ1n) is 3.97. The highest BCUT2D eigenvalue weighted by molar-refractivity contribution is 14.1. The predicted octanol–water partition coefficient (Wildman–Crippen LogP) is 4.21. The van der Waals surface area contributed by atoms with Gasteiger partial charge in [-0.15, -0.1) is 11.3 Å². The predicted molar refractivity (Wildman–Crippen MR) is 72.6 cm³/mol. The molecule has 0 saturated heterocycles. The molecule has 0 atom stereocenters. The molecule has 0 amide bonds. The smallest absolute Gasteiger partial charge is 0.151 e. The number of hydrogen-bond donors (Lipinski definition) is 0. The molecule has 1 aromatic carbocycles. The minimum Gasteiger partial charge on any atom is -0.298 e. The van der Waals surface area contributed by atoms with E-state index in [1.807, 2.05) is 6.07 Å². The number of carbonyl (C=O) groups excluding carboxylic acids is 1. The Balaban J connectivity index is 2.88. The Hall–Kier alpha value is 0.0600. The van der Waals surface area contributed by atoms with Gasteiger partial charge in [-0.1, -0.05) is 15.9 Å². The first-order chi connectivity index (χ1) is 6.77. The van der Waals surface area contributed by atoms with Crippen LogP contribution in [0.2, 0.25) is 0 Å². The third-order valence-electron chi connectivity index (χ3n) is 2.07. The van der Waals surface area contributed by atoms with E-state index >= 15 is 0 Å². The van der Waals surface area contributed by atoms with Crippen LogP contribution in [0.15, 0.2) is 17.5 Å². The second-order valence-corrected chi connectivity index (χ2v) is 5.48. The van der Waals surface area contributed by atoms with Crippen molar-refractivity contribution < 1.29 is 4.79 Å². The van der Waals surface area contributed by atoms with Crippen LogP contribution in [0, 0.1) is 3.57 Å². The zero-order valence-electron chi connectivity index (χ0n) is 7.09. The van der Waals surface area contributed by atoms with Crippen molar-refractivity contribution in [2.75, 3.05) is 0 Å². The lowest BCUT2D eigenvalue weighted by molar-refractivity contribution is 0.112. The van der Waals surface area contributed by atoms with Gasteiger partial charge in [-0.05, 0) is 45.7 Å². The molecule has 2 rings (SSSR count). The number of hydrogen-bond acceptors (Lipinski definition) is 2. The van der Waals surface area contributed by atoms with Crippen LogP contribution in [0.5, 0.6) is 0 Å². The first-order valence-corrected chi connectivity index (χ1v) is 7.05. The third-order valence-corrected chi connectivity index (χ3v) is 4.61. The minimum absolute atomic E-state index is 0.800. The van der Waals surface area contributed by atoms with Gasteiger partial charge in [0.2, 0.25) is 0 Å². The van der Waals surface area contributed by atoms with Gasteiger partial charge >= 0.3 is 0 Å². The SMILES string of the molecule is O=Cc1c(I)ccc2scc(CBr)c12. The summed E-state index contributed by atoms with van der Waals surface area (Å²) in [6, 6.07) is 4.06. The fraction of sp³-hybridized carbons (Fsp3) is 0.100. The van der Waals surface area contributed by atoms with E-state index < -0.39 is 0 Å². The number of benzene rings is 1. The Kier molecular flexibility index (Phi) is 3.23. The van der Waals surface area contributed by atoms with Crippen LogP contribution in [0.3, 0.4) is 0 Å². The maximum absolute atomic E-state index is 11.0. The van der Waals surface area contributed by atoms with Gasteiger partial charge < -0.3 is 0 Å². The highest BCUT2D eigenvalue weighted by Crippen LogP contribution is 2.32. The summed E-state index contributed by atoms with van der Waals surface area (Å²) in [5, 5.41) is 4.00. The highest BCUT2D eigenvalue weighted by atomic mass is 127. The van der Waals surface area contributed by atoms with E-state index in [-0.39, 0.29) is 0 Å². The average molecular weight is 381 g/mol. The van der Waals surface area contributed by atoms with E-state index in [0.717, 1.165) is 26.1 Å². The number of halogens is 2. The summed E-state index contributed by atoms with van der Waals surface area (Å²) in [6.07, 6.45) is 0.947. The number of alkyl halides is 1. The third kappa shape index (κ3) is 1.63. The molecule has 0 unspecified atom stereocenters. The molecule has 72 valence electrons. The molecule has 0 aliphatic heterocycles. The van der Waals surface area contributed by atoms with Crippen LogP contribution in [0.4, 0.5) is 0 Å². The van der Waals surface area contributed by atoms with Crippen LogP contribution in [0.25, 0.3) is 10.1 Å². The molecule has 4 heteroatoms. The fourth-order valence-corrected chi connectivity index (χ4v) is 3.62. The number of rotatable bonds is 2. The normalized spacial score (nSPS) is 10.7. The fourth-order valence-electron chi connectivity index (χ4n) is 1.41. The lowest BCUT2D eigenvalue weighted by atomic mass is 10.1. The molecule has 0 aliphatic carbocycles. The second-order valence-electron chi connectivity index (χ2n) is 2.85. The Labute approximate surface area is 108 Å². The van der Waals surface area contributed by atoms with Crippen molar-refractivity contribution in [3.63, 3.8) is 0 Å². The monoisotopic (exact) mass is 380 g/mol. The van der Waals surface area contributed by atoms with Gasteiger partial charge in [-0.3, -0.25) is 4.79 Å². The van der Waals surface area contributed by atoms with Gasteiger partial charge in [-0.25, -0.2) is 0 Å². The Morgan fingerprint density at radius 3 is 2.93 bits per heavy atom. The van der Waals surface area contributed by atoms with Crippen molar-refractivity contribution in [2.24, 2.45) is 0 Å². The molecule has 0 N–H and O–H groups in total. The maximum Gasteiger partial charge on any atom is 0.151 e. The Morgan fingerprint density at radius 1 is 1.50 bits per heavy atom. The molecule has 0 bridgehead atoms. The van der Waals surface area contributed by atoms with Crippen molar-refractivity contribution >= 4 is 66.2 Å². The Morgan fingerprint density at radius 2 is 2.29 bits per heavy atom. The summed E-state index contributed by atoms with van der Waals surface area (Å²) < 4.78 is 2.20. The van der Waals surface area contributed by atoms with E-state index in [2.05, 4.69) is 50.0 Å². The molecule has 0 saturated carbocycles. The van der Waals surface area contributed by atoms with Crippen molar-refractivity contribution in [1.29, 1.82) is 0 Å². The summed E-state index contributed by atoms with van der Waals surface area (Å²) in [6.45, 7) is 0. The topological polar surface area (TPSA) is 17.1 Å². The molecule has 0 fully saturated rings. The minimum atomic E-state index is 0.800. The number of carbonyl (C=O) groups is 1. The van der Waals surface area contributed by atoms with Crippen LogP contribution in [-0.2, 0) is 5.33 Å². The quantitative estimate of drug-likeness (QED) is 0.433. The summed E-state index contributed by atoms with van der Waals surface area (Å²) >= 11 is 7.32. The van der Waals surface area contributed by atoms with E-state index in [1.54, 1.807) is 11.3 Å². The summed E-state index contributed by atoms with van der Waals surface area (Å²) in [5.41, 5.74) is 2.02. The molecular weight excluding hydrogens is 375 g/mol. The van der Waals surface area contributed by atoms with Gasteiger partial charge in [0.05, 0.1) is 0 Å². The van der Waals surface area contributed by atoms with Crippen LogP contribution in [0.1, 0.15) is 15.9 Å². The van der Waals surface area contributed by atoms with Crippen molar-refractivity contribution in [3.05, 3.63) is 32.2 Å². The number of aldehydes is 1. The van der Waals surface area contributed by atoms with Gasteiger partial charge in [-0.2, -0.15) is 0 Å². The van der Waals surface area contributed by atoms with E-state index in [1.165, 1.54) is 10.3 Å². The maximum atomic E-state index is 11.0. The van der Waals surface area contributed by atoms with Crippen molar-refractivity contribution in [1.82, 2.24) is 0 Å². The number of thiophene rings is 1. The van der Waals surface area contributed by atoms with E-state index in [4.69, 9.17) is 0 Å². The van der Waals surface area contributed by atoms with E-state index in [0.29, 0.717) is 0 Å². The Bertz CT molecular complexity index is 492. The van der Waals surface area contributed by atoms with Gasteiger partial charge in [0, 0.05) is 24.5 Å². The van der Waals surface area contributed by atoms with E-state index in [9.17, 15) is 4.79 Å². The zero-order chi connectivity index (χ0) is 10.1. The van der Waals surface area contributed by atoms with Crippen LogP contribution < -0.4 is 0 Å². The average Bonchev–Trinajstić information content (AvgIpc) is 2.61. The van der Waals surface area contributed by atoms with Gasteiger partial charge in [0.25, 0.3) is 0 Å². The lowest BCUT2D eigenvalue weighted by Gasteiger charge is -2.00.